The number of aromatic nitrogens is 3. The van der Waals surface area contributed by atoms with Gasteiger partial charge in [0.1, 0.15) is 11.5 Å². The van der Waals surface area contributed by atoms with E-state index in [4.69, 9.17) is 14.7 Å². The Bertz CT molecular complexity index is 1540. The van der Waals surface area contributed by atoms with E-state index in [2.05, 4.69) is 20.9 Å². The number of hydrogen-bond acceptors (Lipinski definition) is 5. The molecule has 0 unspecified atom stereocenters. The second-order valence-corrected chi connectivity index (χ2v) is 8.32. The third kappa shape index (κ3) is 3.75. The molecular weight excluding hydrogens is 429 g/mol. The molecule has 1 aliphatic heterocycles. The molecule has 0 amide bonds. The summed E-state index contributed by atoms with van der Waals surface area (Å²) in [6.45, 7) is 0. The van der Waals surface area contributed by atoms with E-state index in [1.807, 2.05) is 42.5 Å². The summed E-state index contributed by atoms with van der Waals surface area (Å²) < 4.78 is 21.2. The van der Waals surface area contributed by atoms with Crippen molar-refractivity contribution in [2.75, 3.05) is 12.4 Å². The molecule has 34 heavy (non-hydrogen) atoms. The van der Waals surface area contributed by atoms with Crippen molar-refractivity contribution in [2.24, 2.45) is 4.99 Å². The number of pyridine rings is 1. The number of rotatable bonds is 5. The Balaban J connectivity index is 1.63. The molecule has 2 aliphatic carbocycles. The van der Waals surface area contributed by atoms with Crippen molar-refractivity contribution in [3.8, 4) is 23.0 Å². The van der Waals surface area contributed by atoms with Crippen LogP contribution in [0.1, 0.15) is 12.8 Å². The first-order valence-corrected chi connectivity index (χ1v) is 11.2. The van der Waals surface area contributed by atoms with Gasteiger partial charge >= 0.3 is 0 Å². The Kier molecular flexibility index (Phi) is 4.95. The molecule has 1 fully saturated rings. The third-order valence-corrected chi connectivity index (χ3v) is 5.88. The van der Waals surface area contributed by atoms with E-state index in [0.29, 0.717) is 11.9 Å². The second kappa shape index (κ2) is 8.26. The van der Waals surface area contributed by atoms with Crippen LogP contribution < -0.4 is 15.4 Å². The molecule has 0 atom stereocenters. The molecule has 7 heteroatoms. The summed E-state index contributed by atoms with van der Waals surface area (Å²) in [5.74, 6) is 0.237. The molecule has 0 spiro atoms. The molecule has 1 N–H and O–H groups in total. The SMILES string of the molecule is COc1ncccc1Nc1cc2nc3ccccc3n(-c3ccc(F)cc3)c-2cc1=NC1CC1. The summed E-state index contributed by atoms with van der Waals surface area (Å²) in [4.78, 5) is 14.2. The molecule has 0 saturated heterocycles. The Labute approximate surface area is 195 Å². The van der Waals surface area contributed by atoms with Crippen molar-refractivity contribution in [1.82, 2.24) is 14.5 Å². The minimum atomic E-state index is -0.270. The molecule has 168 valence electrons. The lowest BCUT2D eigenvalue weighted by Crippen LogP contribution is -2.16. The van der Waals surface area contributed by atoms with Gasteiger partial charge in [-0.3, -0.25) is 4.99 Å². The topological polar surface area (TPSA) is 64.3 Å². The summed E-state index contributed by atoms with van der Waals surface area (Å²) in [6.07, 6.45) is 3.86. The smallest absolute Gasteiger partial charge is 0.237 e. The minimum Gasteiger partial charge on any atom is -0.480 e. The van der Waals surface area contributed by atoms with Crippen molar-refractivity contribution in [1.29, 1.82) is 0 Å². The lowest BCUT2D eigenvalue weighted by Gasteiger charge is -2.20. The molecule has 2 heterocycles. The number of anilines is 2. The maximum absolute atomic E-state index is 13.7. The van der Waals surface area contributed by atoms with E-state index in [1.165, 1.54) is 12.1 Å². The standard InChI is InChI=1S/C27H22FN5O/c1-34-27-21(6-4-14-29-27)32-22-15-24-26(16-23(22)30-18-10-11-18)33(19-12-8-17(28)9-13-19)25-7-3-2-5-20(25)31-24/h2-9,12-16,18,32H,10-11H2,1H3. The van der Waals surface area contributed by atoms with E-state index < -0.39 is 0 Å². The summed E-state index contributed by atoms with van der Waals surface area (Å²) in [5, 5.41) is 4.29. The van der Waals surface area contributed by atoms with Crippen LogP contribution in [0, 0.1) is 5.82 Å². The first-order valence-electron chi connectivity index (χ1n) is 11.2. The van der Waals surface area contributed by atoms with Crippen molar-refractivity contribution < 1.29 is 9.13 Å². The third-order valence-electron chi connectivity index (χ3n) is 5.88. The number of hydrogen-bond donors (Lipinski definition) is 1. The highest BCUT2D eigenvalue weighted by Gasteiger charge is 2.22. The maximum Gasteiger partial charge on any atom is 0.237 e. The lowest BCUT2D eigenvalue weighted by molar-refractivity contribution is 0.400. The summed E-state index contributed by atoms with van der Waals surface area (Å²) >= 11 is 0. The Morgan fingerprint density at radius 3 is 2.62 bits per heavy atom. The zero-order chi connectivity index (χ0) is 23.1. The molecule has 2 aromatic carbocycles. The van der Waals surface area contributed by atoms with Crippen molar-refractivity contribution >= 4 is 22.4 Å². The van der Waals surface area contributed by atoms with Gasteiger partial charge in [0.15, 0.2) is 0 Å². The van der Waals surface area contributed by atoms with Gasteiger partial charge in [-0.2, -0.15) is 0 Å². The zero-order valence-electron chi connectivity index (χ0n) is 18.6. The summed E-state index contributed by atoms with van der Waals surface area (Å²) in [7, 11) is 1.60. The fourth-order valence-corrected chi connectivity index (χ4v) is 4.11. The van der Waals surface area contributed by atoms with Crippen LogP contribution in [0.5, 0.6) is 5.88 Å². The first kappa shape index (κ1) is 20.4. The molecule has 0 bridgehead atoms. The highest BCUT2D eigenvalue weighted by Crippen LogP contribution is 2.32. The average Bonchev–Trinajstić information content (AvgIpc) is 3.68. The highest BCUT2D eigenvalue weighted by molar-refractivity contribution is 5.84. The minimum absolute atomic E-state index is 0.270. The van der Waals surface area contributed by atoms with Gasteiger partial charge in [0.05, 0.1) is 46.6 Å². The number of nitrogens with zero attached hydrogens (tertiary/aromatic N) is 4. The van der Waals surface area contributed by atoms with Crippen LogP contribution in [0.4, 0.5) is 15.8 Å². The summed E-state index contributed by atoms with van der Waals surface area (Å²) in [6, 6.07) is 22.6. The summed E-state index contributed by atoms with van der Waals surface area (Å²) in [5.41, 5.74) is 5.92. The fourth-order valence-electron chi connectivity index (χ4n) is 4.11. The van der Waals surface area contributed by atoms with E-state index in [1.54, 1.807) is 25.4 Å². The van der Waals surface area contributed by atoms with Gasteiger partial charge in [-0.15, -0.1) is 0 Å². The van der Waals surface area contributed by atoms with Crippen LogP contribution in [0.3, 0.4) is 0 Å². The van der Waals surface area contributed by atoms with Crippen LogP contribution in [0.15, 0.2) is 84.0 Å². The Morgan fingerprint density at radius 1 is 1.00 bits per heavy atom. The molecule has 0 radical (unpaired) electrons. The predicted molar refractivity (Wildman–Crippen MR) is 130 cm³/mol. The van der Waals surface area contributed by atoms with Crippen LogP contribution in [-0.4, -0.2) is 27.7 Å². The quantitative estimate of drug-likeness (QED) is 0.360. The normalized spacial score (nSPS) is 14.0. The monoisotopic (exact) mass is 451 g/mol. The first-order chi connectivity index (χ1) is 16.7. The van der Waals surface area contributed by atoms with Crippen molar-refractivity contribution in [3.05, 3.63) is 90.2 Å². The molecule has 6 nitrogen and oxygen atoms in total. The lowest BCUT2D eigenvalue weighted by atomic mass is 10.1. The Morgan fingerprint density at radius 2 is 1.82 bits per heavy atom. The van der Waals surface area contributed by atoms with Crippen LogP contribution in [-0.2, 0) is 0 Å². The van der Waals surface area contributed by atoms with Crippen LogP contribution in [0.2, 0.25) is 0 Å². The fraction of sp³-hybridized carbons (Fsp3) is 0.148. The molecule has 6 rings (SSSR count). The van der Waals surface area contributed by atoms with Crippen molar-refractivity contribution in [3.63, 3.8) is 0 Å². The van der Waals surface area contributed by atoms with E-state index in [-0.39, 0.29) is 5.82 Å². The second-order valence-electron chi connectivity index (χ2n) is 8.32. The molecule has 1 saturated carbocycles. The Hall–Kier alpha value is -4.26. The number of ether oxygens (including phenoxy) is 1. The van der Waals surface area contributed by atoms with Crippen molar-refractivity contribution in [2.45, 2.75) is 18.9 Å². The molecule has 1 aromatic heterocycles. The van der Waals surface area contributed by atoms with Crippen LogP contribution >= 0.6 is 0 Å². The molecule has 3 aromatic rings. The number of fused-ring (bicyclic) bond motifs is 2. The zero-order valence-corrected chi connectivity index (χ0v) is 18.6. The predicted octanol–water partition coefficient (Wildman–Crippen LogP) is 5.48. The molecule has 3 aliphatic rings. The van der Waals surface area contributed by atoms with E-state index in [0.717, 1.165) is 57.7 Å². The highest BCUT2D eigenvalue weighted by atomic mass is 19.1. The number of halogens is 1. The van der Waals surface area contributed by atoms with E-state index >= 15 is 0 Å². The molecular formula is C27H22FN5O. The number of para-hydroxylation sites is 2. The maximum atomic E-state index is 13.7. The number of nitrogens with one attached hydrogen (secondary N) is 1. The largest absolute Gasteiger partial charge is 0.480 e. The van der Waals surface area contributed by atoms with Gasteiger partial charge in [0.2, 0.25) is 5.88 Å². The number of methoxy groups -OCH3 is 1. The van der Waals surface area contributed by atoms with Gasteiger partial charge in [0.25, 0.3) is 0 Å². The number of benzene rings is 3. The van der Waals surface area contributed by atoms with Gasteiger partial charge < -0.3 is 14.6 Å². The van der Waals surface area contributed by atoms with Crippen LogP contribution in [0.25, 0.3) is 28.1 Å². The van der Waals surface area contributed by atoms with E-state index in [9.17, 15) is 4.39 Å². The van der Waals surface area contributed by atoms with Gasteiger partial charge in [-0.25, -0.2) is 14.4 Å². The van der Waals surface area contributed by atoms with Gasteiger partial charge in [-0.1, -0.05) is 12.1 Å². The average molecular weight is 452 g/mol. The van der Waals surface area contributed by atoms with Gasteiger partial charge in [-0.05, 0) is 73.5 Å². The van der Waals surface area contributed by atoms with Gasteiger partial charge in [0, 0.05) is 11.9 Å².